The van der Waals surface area contributed by atoms with Crippen LogP contribution in [0.3, 0.4) is 0 Å². The highest BCUT2D eigenvalue weighted by atomic mass is 19.4. The van der Waals surface area contributed by atoms with Crippen LogP contribution in [0.5, 0.6) is 0 Å². The maximum absolute atomic E-state index is 13.7. The quantitative estimate of drug-likeness (QED) is 0.386. The van der Waals surface area contributed by atoms with E-state index in [1.807, 2.05) is 0 Å². The van der Waals surface area contributed by atoms with E-state index in [-0.39, 0.29) is 30.8 Å². The number of nitrogens with two attached hydrogens (primary N) is 1. The highest BCUT2D eigenvalue weighted by Gasteiger charge is 2.43. The van der Waals surface area contributed by atoms with Gasteiger partial charge in [0.15, 0.2) is 0 Å². The van der Waals surface area contributed by atoms with Crippen LogP contribution in [-0.4, -0.2) is 49.8 Å². The van der Waals surface area contributed by atoms with Crippen LogP contribution < -0.4 is 5.73 Å². The van der Waals surface area contributed by atoms with Crippen molar-refractivity contribution in [3.8, 4) is 0 Å². The first kappa shape index (κ1) is 29.9. The van der Waals surface area contributed by atoms with Gasteiger partial charge < -0.3 is 15.2 Å². The topological polar surface area (TPSA) is 64.8 Å². The molecule has 1 amide bonds. The number of primary amides is 1. The Morgan fingerprint density at radius 1 is 1.03 bits per heavy atom. The summed E-state index contributed by atoms with van der Waals surface area (Å²) in [6.07, 6.45) is -10.9. The number of methoxy groups -OCH3 is 1. The summed E-state index contributed by atoms with van der Waals surface area (Å²) in [5.41, 5.74) is 2.96. The molecule has 1 aliphatic rings. The van der Waals surface area contributed by atoms with Crippen molar-refractivity contribution < 1.29 is 45.0 Å². The molecule has 38 heavy (non-hydrogen) atoms. The number of alkyl halides is 6. The van der Waals surface area contributed by atoms with Crippen LogP contribution in [0.15, 0.2) is 42.5 Å². The Balaban J connectivity index is 1.96. The van der Waals surface area contributed by atoms with E-state index in [9.17, 15) is 35.5 Å². The van der Waals surface area contributed by atoms with Crippen LogP contribution in [-0.2, 0) is 26.6 Å². The van der Waals surface area contributed by atoms with Crippen LogP contribution in [0.2, 0.25) is 0 Å². The van der Waals surface area contributed by atoms with Gasteiger partial charge in [0.2, 0.25) is 5.91 Å². The summed E-state index contributed by atoms with van der Waals surface area (Å²) in [7, 11) is 1.49. The molecule has 210 valence electrons. The minimum absolute atomic E-state index is 0.0701. The molecule has 0 aliphatic heterocycles. The smallest absolute Gasteiger partial charge is 0.383 e. The molecule has 2 aromatic carbocycles. The minimum Gasteiger partial charge on any atom is -0.383 e. The van der Waals surface area contributed by atoms with Gasteiger partial charge in [0, 0.05) is 25.6 Å². The molecule has 0 bridgehead atoms. The van der Waals surface area contributed by atoms with E-state index in [0.29, 0.717) is 37.1 Å². The third-order valence-corrected chi connectivity index (χ3v) is 6.69. The summed E-state index contributed by atoms with van der Waals surface area (Å²) in [6, 6.07) is 6.64. The van der Waals surface area contributed by atoms with Crippen molar-refractivity contribution in [2.24, 2.45) is 5.73 Å². The molecule has 12 heteroatoms. The number of benzene rings is 2. The zero-order valence-electron chi connectivity index (χ0n) is 20.8. The zero-order chi connectivity index (χ0) is 28.3. The number of hydrogen-bond donors (Lipinski definition) is 1. The molecule has 1 fully saturated rings. The van der Waals surface area contributed by atoms with Crippen molar-refractivity contribution in [1.82, 2.24) is 4.90 Å². The first-order chi connectivity index (χ1) is 17.7. The Hall–Kier alpha value is -2.70. The lowest BCUT2D eigenvalue weighted by Crippen LogP contribution is -2.45. The van der Waals surface area contributed by atoms with Gasteiger partial charge in [0.1, 0.15) is 5.82 Å². The summed E-state index contributed by atoms with van der Waals surface area (Å²) >= 11 is 0. The molecule has 2 N–H and O–H groups in total. The monoisotopic (exact) mass is 550 g/mol. The first-order valence-electron chi connectivity index (χ1n) is 11.9. The van der Waals surface area contributed by atoms with Gasteiger partial charge in [-0.25, -0.2) is 4.39 Å². The molecule has 1 aliphatic carbocycles. The highest BCUT2D eigenvalue weighted by molar-refractivity contribution is 5.76. The normalized spacial score (nSPS) is 21.2. The first-order valence-corrected chi connectivity index (χ1v) is 11.9. The lowest BCUT2D eigenvalue weighted by Gasteiger charge is -2.35. The largest absolute Gasteiger partial charge is 0.416 e. The summed E-state index contributed by atoms with van der Waals surface area (Å²) in [5, 5.41) is 0. The van der Waals surface area contributed by atoms with Gasteiger partial charge in [0.05, 0.1) is 36.5 Å². The number of carbonyl (C=O) groups is 1. The molecule has 3 rings (SSSR count). The number of hydrogen-bond acceptors (Lipinski definition) is 4. The summed E-state index contributed by atoms with van der Waals surface area (Å²) in [5.74, 6) is -1.53. The predicted octanol–water partition coefficient (Wildman–Crippen LogP) is 5.69. The van der Waals surface area contributed by atoms with Gasteiger partial charge in [-0.1, -0.05) is 12.1 Å². The van der Waals surface area contributed by atoms with Gasteiger partial charge in [-0.05, 0) is 61.2 Å². The average Bonchev–Trinajstić information content (AvgIpc) is 3.23. The highest BCUT2D eigenvalue weighted by Crippen LogP contribution is 2.43. The third-order valence-electron chi connectivity index (χ3n) is 6.69. The standard InChI is InChI=1S/C26H29F7N2O3/c1-15(17-11-18(25(28,29)30)13-19(12-17)26(31,32)33)38-22-8-7-21(35(9-10-37-2)14-23(34)36)24(22)16-3-5-20(27)6-4-16/h3-6,11-13,15,21-22,24H,7-10,14H2,1-2H3,(H2,34,36)/t15-,21?,22?,24?/m0/s1. The average molecular weight is 551 g/mol. The van der Waals surface area contributed by atoms with Gasteiger partial charge >= 0.3 is 12.4 Å². The molecule has 1 saturated carbocycles. The number of nitrogens with zero attached hydrogens (tertiary/aromatic N) is 1. The summed E-state index contributed by atoms with van der Waals surface area (Å²) in [4.78, 5) is 13.6. The van der Waals surface area contributed by atoms with Crippen LogP contribution in [0.4, 0.5) is 30.7 Å². The molecule has 0 spiro atoms. The maximum Gasteiger partial charge on any atom is 0.416 e. The number of halogens is 7. The minimum atomic E-state index is -4.98. The Labute approximate surface area is 215 Å². The van der Waals surface area contributed by atoms with Crippen molar-refractivity contribution in [3.63, 3.8) is 0 Å². The van der Waals surface area contributed by atoms with E-state index in [0.717, 1.165) is 0 Å². The second kappa shape index (κ2) is 12.0. The van der Waals surface area contributed by atoms with E-state index in [1.54, 1.807) is 17.0 Å². The molecule has 5 nitrogen and oxygen atoms in total. The molecule has 0 saturated heterocycles. The lowest BCUT2D eigenvalue weighted by molar-refractivity contribution is -0.143. The van der Waals surface area contributed by atoms with E-state index < -0.39 is 53.3 Å². The predicted molar refractivity (Wildman–Crippen MR) is 125 cm³/mol. The fourth-order valence-electron chi connectivity index (χ4n) is 4.95. The second-order valence-corrected chi connectivity index (χ2v) is 9.31. The molecule has 0 aromatic heterocycles. The lowest BCUT2D eigenvalue weighted by atomic mass is 9.91. The Morgan fingerprint density at radius 2 is 1.61 bits per heavy atom. The van der Waals surface area contributed by atoms with Gasteiger partial charge in [-0.2, -0.15) is 26.3 Å². The fraction of sp³-hybridized carbons (Fsp3) is 0.500. The molecule has 0 radical (unpaired) electrons. The molecule has 3 unspecified atom stereocenters. The Morgan fingerprint density at radius 3 is 2.11 bits per heavy atom. The van der Waals surface area contributed by atoms with Crippen LogP contribution in [0.25, 0.3) is 0 Å². The Kier molecular flexibility index (Phi) is 9.43. The fourth-order valence-corrected chi connectivity index (χ4v) is 4.95. The number of carbonyl (C=O) groups excluding carboxylic acids is 1. The SMILES string of the molecule is COCCN(CC(N)=O)C1CCC(O[C@@H](C)c2cc(C(F)(F)F)cc(C(F)(F)F)c2)C1c1ccc(F)cc1. The van der Waals surface area contributed by atoms with Crippen LogP contribution in [0, 0.1) is 5.82 Å². The van der Waals surface area contributed by atoms with Gasteiger partial charge in [-0.3, -0.25) is 9.69 Å². The molecule has 2 aromatic rings. The van der Waals surface area contributed by atoms with E-state index >= 15 is 0 Å². The van der Waals surface area contributed by atoms with Crippen LogP contribution >= 0.6 is 0 Å². The molecular formula is C26H29F7N2O3. The molecular weight excluding hydrogens is 521 g/mol. The van der Waals surface area contributed by atoms with Crippen molar-refractivity contribution in [3.05, 3.63) is 70.5 Å². The van der Waals surface area contributed by atoms with Gasteiger partial charge in [0.25, 0.3) is 0 Å². The second-order valence-electron chi connectivity index (χ2n) is 9.31. The number of rotatable bonds is 10. The molecule has 0 heterocycles. The molecule has 4 atom stereocenters. The third kappa shape index (κ3) is 7.45. The van der Waals surface area contributed by atoms with Crippen molar-refractivity contribution >= 4 is 5.91 Å². The van der Waals surface area contributed by atoms with Crippen LogP contribution in [0.1, 0.15) is 54.0 Å². The number of amides is 1. The maximum atomic E-state index is 13.7. The summed E-state index contributed by atoms with van der Waals surface area (Å²) in [6.45, 7) is 1.91. The zero-order valence-corrected chi connectivity index (χ0v) is 20.8. The van der Waals surface area contributed by atoms with E-state index in [4.69, 9.17) is 15.2 Å². The Bertz CT molecular complexity index is 1060. The van der Waals surface area contributed by atoms with Gasteiger partial charge in [-0.15, -0.1) is 0 Å². The number of ether oxygens (including phenoxy) is 2. The van der Waals surface area contributed by atoms with Crippen molar-refractivity contribution in [1.29, 1.82) is 0 Å². The summed E-state index contributed by atoms with van der Waals surface area (Å²) < 4.78 is 105. The van der Waals surface area contributed by atoms with Crippen molar-refractivity contribution in [2.75, 3.05) is 26.8 Å². The van der Waals surface area contributed by atoms with E-state index in [2.05, 4.69) is 0 Å². The van der Waals surface area contributed by atoms with E-state index in [1.165, 1.54) is 26.2 Å². The van der Waals surface area contributed by atoms with Crippen molar-refractivity contribution in [2.45, 2.75) is 56.3 Å².